The van der Waals surface area contributed by atoms with Gasteiger partial charge in [0.05, 0.1) is 37.2 Å². The molecule has 0 N–H and O–H groups in total. The van der Waals surface area contributed by atoms with Crippen molar-refractivity contribution < 1.29 is 14.0 Å². The second kappa shape index (κ2) is 7.75. The Labute approximate surface area is 166 Å². The van der Waals surface area contributed by atoms with Gasteiger partial charge in [-0.25, -0.2) is 4.98 Å². The molecular formula is C21H20N4O4. The molecule has 0 atom stereocenters. The number of hydrogen-bond acceptors (Lipinski definition) is 7. The maximum atomic E-state index is 13.0. The zero-order chi connectivity index (χ0) is 20.4. The minimum absolute atomic E-state index is 0.127. The van der Waals surface area contributed by atoms with Crippen LogP contribution in [0.25, 0.3) is 22.4 Å². The Hall–Kier alpha value is -3.68. The lowest BCUT2D eigenvalue weighted by molar-refractivity contribution is 0.353. The fraction of sp³-hybridized carbons (Fsp3) is 0.238. The van der Waals surface area contributed by atoms with Crippen molar-refractivity contribution in [1.82, 2.24) is 19.7 Å². The van der Waals surface area contributed by atoms with Gasteiger partial charge in [0.15, 0.2) is 17.3 Å². The monoisotopic (exact) mass is 392 g/mol. The quantitative estimate of drug-likeness (QED) is 0.498. The van der Waals surface area contributed by atoms with Gasteiger partial charge in [-0.3, -0.25) is 9.36 Å². The molecule has 8 nitrogen and oxygen atoms in total. The van der Waals surface area contributed by atoms with Crippen molar-refractivity contribution in [3.05, 3.63) is 64.5 Å². The molecule has 4 aromatic rings. The predicted molar refractivity (Wildman–Crippen MR) is 107 cm³/mol. The van der Waals surface area contributed by atoms with Crippen LogP contribution < -0.4 is 15.0 Å². The standard InChI is InChI=1S/C21H20N4O4/c1-4-18-22-15-10-6-5-8-13(15)21(26)25(18)12-17-23-20(29-24-17)14-9-7-11-16(27-2)19(14)28-3/h5-11H,4,12H2,1-3H3. The SMILES string of the molecule is CCc1nc2ccccc2c(=O)n1Cc1noc(-c2cccc(OC)c2OC)n1. The number of ether oxygens (including phenoxy) is 2. The Morgan fingerprint density at radius 2 is 1.86 bits per heavy atom. The molecule has 29 heavy (non-hydrogen) atoms. The molecule has 0 saturated carbocycles. The van der Waals surface area contributed by atoms with Crippen LogP contribution in [0.4, 0.5) is 0 Å². The first-order chi connectivity index (χ1) is 14.2. The van der Waals surface area contributed by atoms with Gasteiger partial charge < -0.3 is 14.0 Å². The average molecular weight is 392 g/mol. The zero-order valence-corrected chi connectivity index (χ0v) is 16.4. The predicted octanol–water partition coefficient (Wildman–Crippen LogP) is 3.07. The molecule has 0 amide bonds. The largest absolute Gasteiger partial charge is 0.493 e. The third-order valence-electron chi connectivity index (χ3n) is 4.66. The van der Waals surface area contributed by atoms with Gasteiger partial charge in [-0.1, -0.05) is 30.3 Å². The molecule has 8 heteroatoms. The van der Waals surface area contributed by atoms with Crippen LogP contribution in [0, 0.1) is 0 Å². The van der Waals surface area contributed by atoms with E-state index in [9.17, 15) is 4.79 Å². The highest BCUT2D eigenvalue weighted by atomic mass is 16.5. The minimum atomic E-state index is -0.127. The van der Waals surface area contributed by atoms with Crippen LogP contribution in [0.3, 0.4) is 0 Å². The number of methoxy groups -OCH3 is 2. The summed E-state index contributed by atoms with van der Waals surface area (Å²) in [6.45, 7) is 2.12. The zero-order valence-electron chi connectivity index (χ0n) is 16.4. The van der Waals surface area contributed by atoms with Crippen molar-refractivity contribution in [2.75, 3.05) is 14.2 Å². The van der Waals surface area contributed by atoms with Crippen LogP contribution in [0.5, 0.6) is 11.5 Å². The molecule has 0 spiro atoms. The third kappa shape index (κ3) is 3.33. The highest BCUT2D eigenvalue weighted by Gasteiger charge is 2.18. The van der Waals surface area contributed by atoms with E-state index in [1.54, 1.807) is 37.0 Å². The first-order valence-electron chi connectivity index (χ1n) is 9.18. The molecule has 2 aromatic heterocycles. The first kappa shape index (κ1) is 18.7. The van der Waals surface area contributed by atoms with E-state index in [2.05, 4.69) is 15.1 Å². The van der Waals surface area contributed by atoms with Gasteiger partial charge >= 0.3 is 0 Å². The lowest BCUT2D eigenvalue weighted by atomic mass is 10.2. The lowest BCUT2D eigenvalue weighted by Crippen LogP contribution is -2.26. The van der Waals surface area contributed by atoms with Crippen LogP contribution in [0.1, 0.15) is 18.6 Å². The molecule has 0 radical (unpaired) electrons. The molecule has 0 aliphatic rings. The van der Waals surface area contributed by atoms with E-state index >= 15 is 0 Å². The topological polar surface area (TPSA) is 92.3 Å². The molecule has 4 rings (SSSR count). The maximum Gasteiger partial charge on any atom is 0.261 e. The second-order valence-electron chi connectivity index (χ2n) is 6.35. The third-order valence-corrected chi connectivity index (χ3v) is 4.66. The van der Waals surface area contributed by atoms with Gasteiger partial charge in [-0.15, -0.1) is 0 Å². The number of benzene rings is 2. The number of para-hydroxylation sites is 2. The fourth-order valence-electron chi connectivity index (χ4n) is 3.27. The summed E-state index contributed by atoms with van der Waals surface area (Å²) in [4.78, 5) is 22.0. The highest BCUT2D eigenvalue weighted by molar-refractivity contribution is 5.77. The molecule has 2 aromatic carbocycles. The van der Waals surface area contributed by atoms with Crippen LogP contribution in [-0.4, -0.2) is 33.9 Å². The molecule has 148 valence electrons. The van der Waals surface area contributed by atoms with Gasteiger partial charge in [0.2, 0.25) is 0 Å². The lowest BCUT2D eigenvalue weighted by Gasteiger charge is -2.10. The van der Waals surface area contributed by atoms with Gasteiger partial charge in [-0.05, 0) is 24.3 Å². The van der Waals surface area contributed by atoms with Gasteiger partial charge in [0, 0.05) is 6.42 Å². The van der Waals surface area contributed by atoms with Crippen LogP contribution in [0.2, 0.25) is 0 Å². The van der Waals surface area contributed by atoms with Gasteiger partial charge in [0.1, 0.15) is 5.82 Å². The first-order valence-corrected chi connectivity index (χ1v) is 9.18. The Morgan fingerprint density at radius 1 is 1.03 bits per heavy atom. The number of nitrogens with zero attached hydrogens (tertiary/aromatic N) is 4. The minimum Gasteiger partial charge on any atom is -0.493 e. The summed E-state index contributed by atoms with van der Waals surface area (Å²) in [7, 11) is 3.11. The smallest absolute Gasteiger partial charge is 0.261 e. The van der Waals surface area contributed by atoms with Crippen molar-refractivity contribution >= 4 is 10.9 Å². The molecule has 0 fully saturated rings. The Kier molecular flexibility index (Phi) is 4.99. The van der Waals surface area contributed by atoms with E-state index in [0.717, 1.165) is 0 Å². The van der Waals surface area contributed by atoms with E-state index < -0.39 is 0 Å². The van der Waals surface area contributed by atoms with Crippen LogP contribution in [-0.2, 0) is 13.0 Å². The van der Waals surface area contributed by atoms with Crippen LogP contribution in [0.15, 0.2) is 51.8 Å². The summed E-state index contributed by atoms with van der Waals surface area (Å²) < 4.78 is 17.8. The average Bonchev–Trinajstić information content (AvgIpc) is 3.23. The summed E-state index contributed by atoms with van der Waals surface area (Å²) in [5, 5.41) is 4.60. The number of hydrogen-bond donors (Lipinski definition) is 0. The van der Waals surface area contributed by atoms with Gasteiger partial charge in [0.25, 0.3) is 11.4 Å². The summed E-state index contributed by atoms with van der Waals surface area (Å²) in [6.07, 6.45) is 0.606. The Balaban J connectivity index is 1.74. The normalized spacial score (nSPS) is 11.0. The van der Waals surface area contributed by atoms with E-state index in [1.807, 2.05) is 31.2 Å². The second-order valence-corrected chi connectivity index (χ2v) is 6.35. The Morgan fingerprint density at radius 3 is 2.62 bits per heavy atom. The molecular weight excluding hydrogens is 372 g/mol. The van der Waals surface area contributed by atoms with Crippen LogP contribution >= 0.6 is 0 Å². The maximum absolute atomic E-state index is 13.0. The van der Waals surface area contributed by atoms with E-state index in [0.29, 0.717) is 46.0 Å². The number of aryl methyl sites for hydroxylation is 1. The van der Waals surface area contributed by atoms with Crippen molar-refractivity contribution in [2.45, 2.75) is 19.9 Å². The Bertz CT molecular complexity index is 1230. The van der Waals surface area contributed by atoms with Crippen molar-refractivity contribution in [3.8, 4) is 23.0 Å². The molecule has 2 heterocycles. The number of fused-ring (bicyclic) bond motifs is 1. The molecule has 0 unspecified atom stereocenters. The van der Waals surface area contributed by atoms with Crippen molar-refractivity contribution in [2.24, 2.45) is 0 Å². The summed E-state index contributed by atoms with van der Waals surface area (Å²) in [6, 6.07) is 12.7. The molecule has 0 aliphatic heterocycles. The summed E-state index contributed by atoms with van der Waals surface area (Å²) in [5.74, 6) is 2.39. The van der Waals surface area contributed by atoms with Crippen molar-refractivity contribution in [1.29, 1.82) is 0 Å². The van der Waals surface area contributed by atoms with Gasteiger partial charge in [-0.2, -0.15) is 4.98 Å². The van der Waals surface area contributed by atoms with E-state index in [1.165, 1.54) is 0 Å². The fourth-order valence-corrected chi connectivity index (χ4v) is 3.27. The summed E-state index contributed by atoms with van der Waals surface area (Å²) >= 11 is 0. The van der Waals surface area contributed by atoms with E-state index in [-0.39, 0.29) is 18.0 Å². The number of aromatic nitrogens is 4. The highest BCUT2D eigenvalue weighted by Crippen LogP contribution is 2.36. The van der Waals surface area contributed by atoms with Crippen molar-refractivity contribution in [3.63, 3.8) is 0 Å². The molecule has 0 aliphatic carbocycles. The number of rotatable bonds is 6. The van der Waals surface area contributed by atoms with E-state index in [4.69, 9.17) is 14.0 Å². The molecule has 0 bridgehead atoms. The summed E-state index contributed by atoms with van der Waals surface area (Å²) in [5.41, 5.74) is 1.17. The molecule has 0 saturated heterocycles.